The molecule has 2 N–H and O–H groups in total. The summed E-state index contributed by atoms with van der Waals surface area (Å²) >= 11 is 0. The maximum absolute atomic E-state index is 4.69. The summed E-state index contributed by atoms with van der Waals surface area (Å²) in [6.45, 7) is 5.27. The van der Waals surface area contributed by atoms with Crippen molar-refractivity contribution in [1.29, 1.82) is 0 Å². The van der Waals surface area contributed by atoms with Crippen LogP contribution in [0.5, 0.6) is 0 Å². The zero-order chi connectivity index (χ0) is 9.38. The molecular weight excluding hydrogens is 176 g/mol. The molecule has 3 heterocycles. The quantitative estimate of drug-likeness (QED) is 0.609. The molecule has 2 aliphatic rings. The Morgan fingerprint density at radius 1 is 1.14 bits per heavy atom. The van der Waals surface area contributed by atoms with Crippen LogP contribution in [0.15, 0.2) is 0 Å². The van der Waals surface area contributed by atoms with Crippen molar-refractivity contribution in [2.45, 2.75) is 32.5 Å². The van der Waals surface area contributed by atoms with Crippen molar-refractivity contribution >= 4 is 0 Å². The second kappa shape index (κ2) is 3.37. The smallest absolute Gasteiger partial charge is 0.0685 e. The Labute approximate surface area is 83.7 Å². The van der Waals surface area contributed by atoms with E-state index >= 15 is 0 Å². The Hall–Kier alpha value is -0.870. The summed E-state index contributed by atoms with van der Waals surface area (Å²) in [5.74, 6) is 0. The minimum Gasteiger partial charge on any atom is -0.312 e. The summed E-state index contributed by atoms with van der Waals surface area (Å²) in [6, 6.07) is 0. The number of fused-ring (bicyclic) bond motifs is 3. The van der Waals surface area contributed by atoms with Gasteiger partial charge in [0.2, 0.25) is 0 Å². The maximum atomic E-state index is 4.69. The Morgan fingerprint density at radius 3 is 3.07 bits per heavy atom. The zero-order valence-corrected chi connectivity index (χ0v) is 8.34. The third-order valence-electron chi connectivity index (χ3n) is 3.11. The third kappa shape index (κ3) is 1.26. The van der Waals surface area contributed by atoms with E-state index in [9.17, 15) is 0 Å². The molecule has 0 saturated heterocycles. The summed E-state index contributed by atoms with van der Waals surface area (Å²) < 4.78 is 2.21. The van der Waals surface area contributed by atoms with Crippen LogP contribution in [0.25, 0.3) is 0 Å². The number of nitrogens with one attached hydrogen (secondary N) is 2. The first kappa shape index (κ1) is 8.44. The SMILES string of the molecule is C1CNCc2c3c(nn2C1)CCNC3. The van der Waals surface area contributed by atoms with E-state index in [1.807, 2.05) is 0 Å². The molecule has 1 aromatic heterocycles. The number of hydrogen-bond donors (Lipinski definition) is 2. The fraction of sp³-hybridized carbons (Fsp3) is 0.700. The molecule has 3 rings (SSSR count). The normalized spacial score (nSPS) is 21.1. The molecule has 0 radical (unpaired) electrons. The number of aromatic nitrogens is 2. The first-order chi connectivity index (χ1) is 6.95. The number of nitrogens with zero attached hydrogens (tertiary/aromatic N) is 2. The number of rotatable bonds is 0. The van der Waals surface area contributed by atoms with Gasteiger partial charge in [-0.25, -0.2) is 0 Å². The molecule has 2 aliphatic heterocycles. The number of aryl methyl sites for hydroxylation is 1. The van der Waals surface area contributed by atoms with Crippen LogP contribution < -0.4 is 10.6 Å². The molecule has 0 bridgehead atoms. The predicted molar refractivity (Wildman–Crippen MR) is 54.0 cm³/mol. The third-order valence-corrected chi connectivity index (χ3v) is 3.11. The van der Waals surface area contributed by atoms with E-state index in [-0.39, 0.29) is 0 Å². The van der Waals surface area contributed by atoms with E-state index in [0.29, 0.717) is 0 Å². The lowest BCUT2D eigenvalue weighted by atomic mass is 10.1. The molecule has 0 atom stereocenters. The highest BCUT2D eigenvalue weighted by Gasteiger charge is 2.20. The lowest BCUT2D eigenvalue weighted by Crippen LogP contribution is -2.24. The van der Waals surface area contributed by atoms with E-state index < -0.39 is 0 Å². The molecule has 0 saturated carbocycles. The summed E-state index contributed by atoms with van der Waals surface area (Å²) in [6.07, 6.45) is 2.29. The fourth-order valence-electron chi connectivity index (χ4n) is 2.36. The van der Waals surface area contributed by atoms with Crippen molar-refractivity contribution < 1.29 is 0 Å². The largest absolute Gasteiger partial charge is 0.312 e. The first-order valence-electron chi connectivity index (χ1n) is 5.44. The van der Waals surface area contributed by atoms with Crippen LogP contribution in [-0.2, 0) is 26.1 Å². The summed E-state index contributed by atoms with van der Waals surface area (Å²) in [4.78, 5) is 0. The predicted octanol–water partition coefficient (Wildman–Crippen LogP) is 0.0221. The van der Waals surface area contributed by atoms with Crippen molar-refractivity contribution in [1.82, 2.24) is 20.4 Å². The maximum Gasteiger partial charge on any atom is 0.0685 e. The van der Waals surface area contributed by atoms with Gasteiger partial charge in [-0.05, 0) is 13.0 Å². The van der Waals surface area contributed by atoms with E-state index in [1.165, 1.54) is 23.4 Å². The molecule has 0 amide bonds. The average Bonchev–Trinajstić information content (AvgIpc) is 2.42. The van der Waals surface area contributed by atoms with Crippen molar-refractivity contribution in [3.05, 3.63) is 17.0 Å². The highest BCUT2D eigenvalue weighted by molar-refractivity contribution is 5.28. The summed E-state index contributed by atoms with van der Waals surface area (Å²) in [5.41, 5.74) is 4.18. The van der Waals surface area contributed by atoms with Crippen LogP contribution in [0, 0.1) is 0 Å². The monoisotopic (exact) mass is 192 g/mol. The lowest BCUT2D eigenvalue weighted by molar-refractivity contribution is 0.575. The zero-order valence-electron chi connectivity index (χ0n) is 8.34. The van der Waals surface area contributed by atoms with E-state index in [1.54, 1.807) is 0 Å². The van der Waals surface area contributed by atoms with Crippen LogP contribution in [-0.4, -0.2) is 22.9 Å². The van der Waals surface area contributed by atoms with Crippen LogP contribution >= 0.6 is 0 Å². The van der Waals surface area contributed by atoms with Crippen molar-refractivity contribution in [2.24, 2.45) is 0 Å². The van der Waals surface area contributed by atoms with Gasteiger partial charge in [0.1, 0.15) is 0 Å². The van der Waals surface area contributed by atoms with Gasteiger partial charge < -0.3 is 10.6 Å². The molecule has 4 nitrogen and oxygen atoms in total. The standard InChI is InChI=1S/C10H16N4/c1-3-11-7-10-8-6-12-4-2-9(8)13-14(10)5-1/h11-12H,1-7H2. The molecular formula is C10H16N4. The minimum atomic E-state index is 0.990. The summed E-state index contributed by atoms with van der Waals surface area (Å²) in [7, 11) is 0. The Morgan fingerprint density at radius 2 is 2.07 bits per heavy atom. The second-order valence-corrected chi connectivity index (χ2v) is 4.05. The van der Waals surface area contributed by atoms with E-state index in [4.69, 9.17) is 0 Å². The molecule has 0 spiro atoms. The Bertz CT molecular complexity index is 342. The minimum absolute atomic E-state index is 0.990. The van der Waals surface area contributed by atoms with Gasteiger partial charge in [-0.1, -0.05) is 0 Å². The Kier molecular flexibility index (Phi) is 2.03. The highest BCUT2D eigenvalue weighted by Crippen LogP contribution is 2.19. The fourth-order valence-corrected chi connectivity index (χ4v) is 2.36. The van der Waals surface area contributed by atoms with Gasteiger partial charge in [-0.2, -0.15) is 5.10 Å². The van der Waals surface area contributed by atoms with Crippen molar-refractivity contribution in [2.75, 3.05) is 13.1 Å². The topological polar surface area (TPSA) is 41.9 Å². The molecule has 14 heavy (non-hydrogen) atoms. The molecule has 0 aromatic carbocycles. The van der Waals surface area contributed by atoms with Gasteiger partial charge in [0.15, 0.2) is 0 Å². The van der Waals surface area contributed by atoms with Gasteiger partial charge in [0.05, 0.1) is 11.4 Å². The van der Waals surface area contributed by atoms with Gasteiger partial charge in [0, 0.05) is 38.2 Å². The average molecular weight is 192 g/mol. The van der Waals surface area contributed by atoms with Gasteiger partial charge in [0.25, 0.3) is 0 Å². The highest BCUT2D eigenvalue weighted by atomic mass is 15.3. The molecule has 4 heteroatoms. The molecule has 0 unspecified atom stereocenters. The molecule has 76 valence electrons. The van der Waals surface area contributed by atoms with Crippen LogP contribution in [0.2, 0.25) is 0 Å². The van der Waals surface area contributed by atoms with Gasteiger partial charge in [-0.15, -0.1) is 0 Å². The Balaban J connectivity index is 2.04. The van der Waals surface area contributed by atoms with Crippen molar-refractivity contribution in [3.63, 3.8) is 0 Å². The molecule has 0 fully saturated rings. The summed E-state index contributed by atoms with van der Waals surface area (Å²) in [5, 5.41) is 11.6. The van der Waals surface area contributed by atoms with Crippen LogP contribution in [0.4, 0.5) is 0 Å². The molecule has 0 aliphatic carbocycles. The first-order valence-corrected chi connectivity index (χ1v) is 5.44. The van der Waals surface area contributed by atoms with E-state index in [2.05, 4.69) is 20.4 Å². The molecule has 1 aromatic rings. The van der Waals surface area contributed by atoms with Crippen LogP contribution in [0.3, 0.4) is 0 Å². The van der Waals surface area contributed by atoms with E-state index in [0.717, 1.165) is 39.1 Å². The number of hydrogen-bond acceptors (Lipinski definition) is 3. The lowest BCUT2D eigenvalue weighted by Gasteiger charge is -2.12. The van der Waals surface area contributed by atoms with Crippen molar-refractivity contribution in [3.8, 4) is 0 Å². The van der Waals surface area contributed by atoms with Gasteiger partial charge in [-0.3, -0.25) is 4.68 Å². The van der Waals surface area contributed by atoms with Crippen LogP contribution in [0.1, 0.15) is 23.4 Å². The van der Waals surface area contributed by atoms with Gasteiger partial charge >= 0.3 is 0 Å². The second-order valence-electron chi connectivity index (χ2n) is 4.05.